The first kappa shape index (κ1) is 15.9. The van der Waals surface area contributed by atoms with E-state index in [4.69, 9.17) is 0 Å². The van der Waals surface area contributed by atoms with Gasteiger partial charge in [-0.25, -0.2) is 0 Å². The Kier molecular flexibility index (Phi) is 4.92. The molecule has 1 aromatic carbocycles. The van der Waals surface area contributed by atoms with Crippen LogP contribution < -0.4 is 5.32 Å². The van der Waals surface area contributed by atoms with Crippen molar-refractivity contribution in [3.8, 4) is 11.8 Å². The molecular formula is C18H26N2O. The van der Waals surface area contributed by atoms with Crippen molar-refractivity contribution in [3.05, 3.63) is 30.3 Å². The Morgan fingerprint density at radius 3 is 2.67 bits per heavy atom. The highest BCUT2D eigenvalue weighted by atomic mass is 16.3. The van der Waals surface area contributed by atoms with Crippen LogP contribution in [0.5, 0.6) is 0 Å². The Morgan fingerprint density at radius 2 is 2.00 bits per heavy atom. The van der Waals surface area contributed by atoms with E-state index in [9.17, 15) is 5.11 Å². The molecule has 0 bridgehead atoms. The lowest BCUT2D eigenvalue weighted by Gasteiger charge is -2.42. The van der Waals surface area contributed by atoms with Crippen LogP contribution in [0.3, 0.4) is 0 Å². The lowest BCUT2D eigenvalue weighted by Crippen LogP contribution is -2.52. The summed E-state index contributed by atoms with van der Waals surface area (Å²) in [5.74, 6) is 6.47. The second-order valence-electron chi connectivity index (χ2n) is 6.32. The quantitative estimate of drug-likeness (QED) is 0.820. The van der Waals surface area contributed by atoms with Gasteiger partial charge in [-0.2, -0.15) is 0 Å². The lowest BCUT2D eigenvalue weighted by atomic mass is 9.79. The number of aliphatic hydroxyl groups is 1. The summed E-state index contributed by atoms with van der Waals surface area (Å²) in [6.07, 6.45) is 0.704. The number of hydrogen-bond acceptors (Lipinski definition) is 3. The molecule has 0 spiro atoms. The minimum Gasteiger partial charge on any atom is -0.377 e. The van der Waals surface area contributed by atoms with Crippen LogP contribution >= 0.6 is 0 Å². The fourth-order valence-corrected chi connectivity index (χ4v) is 2.80. The van der Waals surface area contributed by atoms with E-state index in [2.05, 4.69) is 43.0 Å². The highest BCUT2D eigenvalue weighted by Gasteiger charge is 2.39. The molecule has 0 radical (unpaired) electrons. The Morgan fingerprint density at radius 1 is 1.33 bits per heavy atom. The summed E-state index contributed by atoms with van der Waals surface area (Å²) in [7, 11) is 2.10. The van der Waals surface area contributed by atoms with Crippen molar-refractivity contribution in [2.75, 3.05) is 18.9 Å². The first-order valence-electron chi connectivity index (χ1n) is 7.67. The van der Waals surface area contributed by atoms with Crippen molar-refractivity contribution in [1.82, 2.24) is 4.90 Å². The molecule has 4 atom stereocenters. The zero-order valence-electron chi connectivity index (χ0n) is 13.4. The van der Waals surface area contributed by atoms with Gasteiger partial charge in [0.05, 0.1) is 6.04 Å². The van der Waals surface area contributed by atoms with Gasteiger partial charge in [-0.1, -0.05) is 37.0 Å². The average Bonchev–Trinajstić information content (AvgIpc) is 2.45. The molecule has 1 aliphatic rings. The fraction of sp³-hybridized carbons (Fsp3) is 0.556. The van der Waals surface area contributed by atoms with E-state index in [0.29, 0.717) is 12.5 Å². The molecule has 0 aliphatic carbocycles. The monoisotopic (exact) mass is 286 g/mol. The van der Waals surface area contributed by atoms with Gasteiger partial charge < -0.3 is 15.3 Å². The van der Waals surface area contributed by atoms with E-state index in [1.165, 1.54) is 0 Å². The fourth-order valence-electron chi connectivity index (χ4n) is 2.80. The number of para-hydroxylation sites is 1. The van der Waals surface area contributed by atoms with Crippen LogP contribution in [0.25, 0.3) is 0 Å². The predicted octanol–water partition coefficient (Wildman–Crippen LogP) is 2.58. The van der Waals surface area contributed by atoms with Gasteiger partial charge in [-0.05, 0) is 33.0 Å². The van der Waals surface area contributed by atoms with E-state index in [-0.39, 0.29) is 12.0 Å². The summed E-state index contributed by atoms with van der Waals surface area (Å²) in [6.45, 7) is 7.12. The number of hydrogen-bond donors (Lipinski definition) is 2. The second-order valence-corrected chi connectivity index (χ2v) is 6.32. The van der Waals surface area contributed by atoms with Gasteiger partial charge >= 0.3 is 0 Å². The molecule has 1 saturated heterocycles. The molecular weight excluding hydrogens is 260 g/mol. The van der Waals surface area contributed by atoms with Gasteiger partial charge in [-0.3, -0.25) is 0 Å². The maximum atomic E-state index is 10.8. The predicted molar refractivity (Wildman–Crippen MR) is 88.1 cm³/mol. The molecule has 2 N–H and O–H groups in total. The van der Waals surface area contributed by atoms with Gasteiger partial charge in [0.15, 0.2) is 0 Å². The molecule has 0 aromatic heterocycles. The van der Waals surface area contributed by atoms with Crippen LogP contribution in [0.15, 0.2) is 30.3 Å². The molecule has 0 amide bonds. The van der Waals surface area contributed by atoms with Crippen molar-refractivity contribution in [2.45, 2.75) is 44.9 Å². The maximum Gasteiger partial charge on any atom is 0.130 e. The zero-order chi connectivity index (χ0) is 15.5. The van der Waals surface area contributed by atoms with Gasteiger partial charge in [0.1, 0.15) is 5.60 Å². The molecule has 1 fully saturated rings. The second kappa shape index (κ2) is 6.51. The van der Waals surface area contributed by atoms with Crippen LogP contribution in [0, 0.1) is 17.8 Å². The van der Waals surface area contributed by atoms with Crippen molar-refractivity contribution < 1.29 is 5.11 Å². The van der Waals surface area contributed by atoms with E-state index in [1.54, 1.807) is 0 Å². The van der Waals surface area contributed by atoms with Crippen LogP contribution in [0.2, 0.25) is 0 Å². The molecule has 4 unspecified atom stereocenters. The number of anilines is 1. The summed E-state index contributed by atoms with van der Waals surface area (Å²) in [5.41, 5.74) is 0.175. The number of rotatable bonds is 2. The van der Waals surface area contributed by atoms with Gasteiger partial charge in [0.2, 0.25) is 0 Å². The summed E-state index contributed by atoms with van der Waals surface area (Å²) >= 11 is 0. The minimum atomic E-state index is -0.876. The zero-order valence-corrected chi connectivity index (χ0v) is 13.4. The molecule has 1 aromatic rings. The lowest BCUT2D eigenvalue weighted by molar-refractivity contribution is -0.0347. The van der Waals surface area contributed by atoms with Crippen molar-refractivity contribution >= 4 is 5.69 Å². The number of benzene rings is 1. The SMILES string of the molecule is CC(C#CC1(O)CC(C)N(C)CC1C)Nc1ccccc1. The highest BCUT2D eigenvalue weighted by molar-refractivity contribution is 5.45. The summed E-state index contributed by atoms with van der Waals surface area (Å²) in [5, 5.41) is 14.2. The number of piperidine rings is 1. The van der Waals surface area contributed by atoms with E-state index < -0.39 is 5.60 Å². The van der Waals surface area contributed by atoms with Gasteiger partial charge in [0.25, 0.3) is 0 Å². The molecule has 3 nitrogen and oxygen atoms in total. The Hall–Kier alpha value is -1.50. The van der Waals surface area contributed by atoms with Crippen LogP contribution in [0.1, 0.15) is 27.2 Å². The smallest absolute Gasteiger partial charge is 0.130 e. The largest absolute Gasteiger partial charge is 0.377 e. The maximum absolute atomic E-state index is 10.8. The third-order valence-corrected chi connectivity index (χ3v) is 4.40. The molecule has 1 aliphatic heterocycles. The van der Waals surface area contributed by atoms with E-state index in [1.807, 2.05) is 37.3 Å². The number of nitrogens with zero attached hydrogens (tertiary/aromatic N) is 1. The van der Waals surface area contributed by atoms with E-state index >= 15 is 0 Å². The Bertz CT molecular complexity index is 519. The summed E-state index contributed by atoms with van der Waals surface area (Å²) < 4.78 is 0. The first-order valence-corrected chi connectivity index (χ1v) is 7.67. The van der Waals surface area contributed by atoms with Crippen LogP contribution in [0.4, 0.5) is 5.69 Å². The minimum absolute atomic E-state index is 0.0126. The Labute approximate surface area is 128 Å². The van der Waals surface area contributed by atoms with Crippen LogP contribution in [-0.4, -0.2) is 41.3 Å². The normalized spacial score (nSPS) is 31.1. The van der Waals surface area contributed by atoms with Crippen molar-refractivity contribution in [3.63, 3.8) is 0 Å². The van der Waals surface area contributed by atoms with Crippen molar-refractivity contribution in [1.29, 1.82) is 0 Å². The topological polar surface area (TPSA) is 35.5 Å². The van der Waals surface area contributed by atoms with E-state index in [0.717, 1.165) is 12.2 Å². The van der Waals surface area contributed by atoms with Gasteiger partial charge in [0, 0.05) is 30.6 Å². The highest BCUT2D eigenvalue weighted by Crippen LogP contribution is 2.30. The standard InChI is InChI=1S/C18H26N2O/c1-14-13-20(4)16(3)12-18(14,21)11-10-15(2)19-17-8-6-5-7-9-17/h5-9,14-16,19,21H,12-13H2,1-4H3. The van der Waals surface area contributed by atoms with Gasteiger partial charge in [-0.15, -0.1) is 0 Å². The average molecular weight is 286 g/mol. The molecule has 3 heteroatoms. The first-order chi connectivity index (χ1) is 9.90. The summed E-state index contributed by atoms with van der Waals surface area (Å²) in [6, 6.07) is 10.4. The third-order valence-electron chi connectivity index (χ3n) is 4.40. The molecule has 114 valence electrons. The summed E-state index contributed by atoms with van der Waals surface area (Å²) in [4.78, 5) is 2.28. The molecule has 21 heavy (non-hydrogen) atoms. The molecule has 0 saturated carbocycles. The van der Waals surface area contributed by atoms with Crippen LogP contribution in [-0.2, 0) is 0 Å². The third kappa shape index (κ3) is 4.00. The molecule has 2 rings (SSSR count). The Balaban J connectivity index is 2.03. The number of nitrogens with one attached hydrogen (secondary N) is 1. The molecule has 1 heterocycles. The number of likely N-dealkylation sites (tertiary alicyclic amines) is 1. The van der Waals surface area contributed by atoms with Crippen molar-refractivity contribution in [2.24, 2.45) is 5.92 Å².